The van der Waals surface area contributed by atoms with Crippen LogP contribution >= 0.6 is 11.6 Å². The minimum absolute atomic E-state index is 0.0293. The number of amides is 2. The highest BCUT2D eigenvalue weighted by molar-refractivity contribution is 6.33. The highest BCUT2D eigenvalue weighted by Crippen LogP contribution is 2.33. The summed E-state index contributed by atoms with van der Waals surface area (Å²) in [4.78, 5) is 42.3. The molecule has 2 amide bonds. The van der Waals surface area contributed by atoms with Gasteiger partial charge in [-0.3, -0.25) is 14.5 Å². The molecule has 2 aliphatic heterocycles. The average molecular weight is 581 g/mol. The Morgan fingerprint density at radius 1 is 1.17 bits per heavy atom. The summed E-state index contributed by atoms with van der Waals surface area (Å²) in [5, 5.41) is 6.78. The molecule has 0 unspecified atom stereocenters. The minimum atomic E-state index is -1.05. The summed E-state index contributed by atoms with van der Waals surface area (Å²) < 4.78 is 35.6. The van der Waals surface area contributed by atoms with Gasteiger partial charge in [0, 0.05) is 31.8 Å². The molecule has 2 aliphatic rings. The molecule has 11 nitrogen and oxygen atoms in total. The molecule has 2 aromatic heterocycles. The van der Waals surface area contributed by atoms with Crippen molar-refractivity contribution in [3.63, 3.8) is 0 Å². The van der Waals surface area contributed by atoms with Crippen molar-refractivity contribution in [3.05, 3.63) is 82.8 Å². The number of rotatable bonds is 5. The second-order valence-corrected chi connectivity index (χ2v) is 10.1. The van der Waals surface area contributed by atoms with Gasteiger partial charge >= 0.3 is 0 Å². The third-order valence-corrected chi connectivity index (χ3v) is 7.23. The number of hydrogen-bond donors (Lipinski definition) is 1. The normalized spacial score (nSPS) is 16.9. The van der Waals surface area contributed by atoms with Crippen molar-refractivity contribution >= 4 is 29.1 Å². The number of nitrogens with one attached hydrogen (secondary N) is 1. The maximum atomic E-state index is 14.4. The van der Waals surface area contributed by atoms with Gasteiger partial charge in [-0.15, -0.1) is 0 Å². The zero-order chi connectivity index (χ0) is 28.7. The molecule has 210 valence electrons. The Labute approximate surface area is 237 Å². The van der Waals surface area contributed by atoms with Crippen molar-refractivity contribution in [1.29, 1.82) is 0 Å². The number of nitrogens with zero attached hydrogens (tertiary/aromatic N) is 7. The van der Waals surface area contributed by atoms with Crippen LogP contribution in [-0.4, -0.2) is 67.7 Å². The Balaban J connectivity index is 1.16. The SMILES string of the molecule is CN1C(=O)[C@@H](NC(=O)c2ncc(Cl)c(-c3ccc(F)cc3F)n2)COc2cc(CN3CCn4ncnc4C3)ccc21. The number of hydrogen-bond acceptors (Lipinski definition) is 8. The molecule has 0 radical (unpaired) electrons. The lowest BCUT2D eigenvalue weighted by Crippen LogP contribution is -2.49. The topological polar surface area (TPSA) is 118 Å². The molecule has 41 heavy (non-hydrogen) atoms. The lowest BCUT2D eigenvalue weighted by molar-refractivity contribution is -0.120. The Bertz CT molecular complexity index is 1670. The Kier molecular flexibility index (Phi) is 7.05. The number of fused-ring (bicyclic) bond motifs is 2. The van der Waals surface area contributed by atoms with Crippen molar-refractivity contribution < 1.29 is 23.1 Å². The first-order valence-electron chi connectivity index (χ1n) is 12.7. The Hall–Kier alpha value is -4.49. The van der Waals surface area contributed by atoms with E-state index in [-0.39, 0.29) is 28.7 Å². The van der Waals surface area contributed by atoms with Crippen molar-refractivity contribution in [2.75, 3.05) is 25.1 Å². The van der Waals surface area contributed by atoms with Crippen molar-refractivity contribution in [2.24, 2.45) is 0 Å². The van der Waals surface area contributed by atoms with E-state index >= 15 is 0 Å². The van der Waals surface area contributed by atoms with Gasteiger partial charge in [0.2, 0.25) is 5.82 Å². The van der Waals surface area contributed by atoms with Crippen molar-refractivity contribution in [1.82, 2.24) is 34.9 Å². The number of anilines is 1. The van der Waals surface area contributed by atoms with Gasteiger partial charge in [0.15, 0.2) is 0 Å². The number of carbonyl (C=O) groups excluding carboxylic acids is 2. The van der Waals surface area contributed by atoms with Crippen LogP contribution in [0.15, 0.2) is 48.9 Å². The van der Waals surface area contributed by atoms with E-state index in [2.05, 4.69) is 30.3 Å². The molecule has 2 aromatic carbocycles. The Morgan fingerprint density at radius 2 is 2.02 bits per heavy atom. The quantitative estimate of drug-likeness (QED) is 0.383. The van der Waals surface area contributed by atoms with Crippen LogP contribution in [0.25, 0.3) is 11.3 Å². The summed E-state index contributed by atoms with van der Waals surface area (Å²) in [6.07, 6.45) is 2.70. The van der Waals surface area contributed by atoms with Gasteiger partial charge in [0.05, 0.1) is 35.7 Å². The molecule has 14 heteroatoms. The molecule has 0 aliphatic carbocycles. The Morgan fingerprint density at radius 3 is 2.85 bits per heavy atom. The lowest BCUT2D eigenvalue weighted by Gasteiger charge is -2.27. The van der Waals surface area contributed by atoms with E-state index in [1.165, 1.54) is 11.0 Å². The first kappa shape index (κ1) is 26.7. The van der Waals surface area contributed by atoms with E-state index in [0.717, 1.165) is 36.7 Å². The second kappa shape index (κ2) is 10.8. The molecule has 0 spiro atoms. The number of carbonyl (C=O) groups is 2. The zero-order valence-corrected chi connectivity index (χ0v) is 22.5. The van der Waals surface area contributed by atoms with E-state index in [4.69, 9.17) is 16.3 Å². The van der Waals surface area contributed by atoms with E-state index in [0.29, 0.717) is 30.6 Å². The molecule has 1 N–H and O–H groups in total. The fourth-order valence-corrected chi connectivity index (χ4v) is 5.02. The van der Waals surface area contributed by atoms with Crippen LogP contribution in [0, 0.1) is 11.6 Å². The molecule has 0 saturated heterocycles. The summed E-state index contributed by atoms with van der Waals surface area (Å²) >= 11 is 6.14. The zero-order valence-electron chi connectivity index (χ0n) is 21.7. The highest BCUT2D eigenvalue weighted by Gasteiger charge is 2.32. The number of halogens is 3. The standard InChI is InChI=1S/C27H23ClF2N8O3/c1-36-21-5-2-15(11-37-6-7-38-23(12-37)32-14-33-38)8-22(21)41-13-20(27(36)40)34-26(39)25-31-10-18(28)24(35-25)17-4-3-16(29)9-19(17)30/h2-5,8-10,14,20H,6-7,11-13H2,1H3,(H,34,39)/t20-/m0/s1. The molecule has 1 atom stereocenters. The fourth-order valence-electron chi connectivity index (χ4n) is 4.83. The number of ether oxygens (including phenoxy) is 1. The van der Waals surface area contributed by atoms with Gasteiger partial charge < -0.3 is 15.0 Å². The summed E-state index contributed by atoms with van der Waals surface area (Å²) in [6.45, 7) is 2.78. The largest absolute Gasteiger partial charge is 0.489 e. The first-order valence-corrected chi connectivity index (χ1v) is 13.1. The van der Waals surface area contributed by atoms with E-state index in [1.54, 1.807) is 13.4 Å². The second-order valence-electron chi connectivity index (χ2n) is 9.66. The van der Waals surface area contributed by atoms with Gasteiger partial charge in [-0.25, -0.2) is 28.4 Å². The van der Waals surface area contributed by atoms with E-state index in [9.17, 15) is 18.4 Å². The molecule has 0 fully saturated rings. The van der Waals surface area contributed by atoms with Crippen LogP contribution < -0.4 is 15.0 Å². The van der Waals surface area contributed by atoms with Crippen LogP contribution in [0.1, 0.15) is 22.0 Å². The minimum Gasteiger partial charge on any atom is -0.489 e. The summed E-state index contributed by atoms with van der Waals surface area (Å²) in [7, 11) is 1.60. The fraction of sp³-hybridized carbons (Fsp3) is 0.259. The van der Waals surface area contributed by atoms with Crippen LogP contribution in [0.2, 0.25) is 5.02 Å². The summed E-state index contributed by atoms with van der Waals surface area (Å²) in [6, 6.07) is 7.48. The smallest absolute Gasteiger partial charge is 0.289 e. The molecule has 4 heterocycles. The van der Waals surface area contributed by atoms with Gasteiger partial charge in [0.25, 0.3) is 11.8 Å². The number of benzene rings is 2. The van der Waals surface area contributed by atoms with E-state index in [1.807, 2.05) is 22.9 Å². The molecule has 0 saturated carbocycles. The van der Waals surface area contributed by atoms with Gasteiger partial charge in [0.1, 0.15) is 42.2 Å². The maximum absolute atomic E-state index is 14.4. The predicted octanol–water partition coefficient (Wildman–Crippen LogP) is 2.84. The van der Waals surface area contributed by atoms with Gasteiger partial charge in [-0.05, 0) is 29.8 Å². The lowest BCUT2D eigenvalue weighted by atomic mass is 10.1. The van der Waals surface area contributed by atoms with E-state index < -0.39 is 29.5 Å². The summed E-state index contributed by atoms with van der Waals surface area (Å²) in [5.74, 6) is -1.78. The van der Waals surface area contributed by atoms with Crippen LogP contribution in [0.4, 0.5) is 14.5 Å². The van der Waals surface area contributed by atoms with Crippen molar-refractivity contribution in [3.8, 4) is 17.0 Å². The predicted molar refractivity (Wildman–Crippen MR) is 143 cm³/mol. The number of likely N-dealkylation sites (N-methyl/N-ethyl adjacent to an activating group) is 1. The average Bonchev–Trinajstić information content (AvgIpc) is 3.39. The van der Waals surface area contributed by atoms with Gasteiger partial charge in [-0.2, -0.15) is 5.10 Å². The molecular weight excluding hydrogens is 558 g/mol. The van der Waals surface area contributed by atoms with Crippen LogP contribution in [0.3, 0.4) is 0 Å². The monoisotopic (exact) mass is 580 g/mol. The highest BCUT2D eigenvalue weighted by atomic mass is 35.5. The van der Waals surface area contributed by atoms with Crippen LogP contribution in [0.5, 0.6) is 5.75 Å². The third kappa shape index (κ3) is 5.33. The molecule has 4 aromatic rings. The summed E-state index contributed by atoms with van der Waals surface area (Å²) in [5.41, 5.74) is 1.37. The first-order chi connectivity index (χ1) is 19.8. The van der Waals surface area contributed by atoms with Gasteiger partial charge in [-0.1, -0.05) is 17.7 Å². The van der Waals surface area contributed by atoms with Crippen molar-refractivity contribution in [2.45, 2.75) is 25.7 Å². The third-order valence-electron chi connectivity index (χ3n) is 6.95. The molecule has 0 bridgehead atoms. The molecular formula is C27H23ClF2N8O3. The number of aromatic nitrogens is 5. The van der Waals surface area contributed by atoms with Crippen LogP contribution in [-0.2, 0) is 24.4 Å². The molecule has 6 rings (SSSR count). The maximum Gasteiger partial charge on any atom is 0.289 e.